The molecular weight excluding hydrogens is 491 g/mol. The van der Waals surface area contributed by atoms with Crippen molar-refractivity contribution in [1.82, 2.24) is 5.16 Å². The van der Waals surface area contributed by atoms with E-state index in [1.807, 2.05) is 68.6 Å². The molecule has 0 aliphatic heterocycles. The molecule has 0 atom stereocenters. The molecular formula is C30H29N2NaO5. The number of hydrogen-bond donors (Lipinski definition) is 1. The maximum atomic E-state index is 11.0. The molecule has 1 fully saturated rings. The van der Waals surface area contributed by atoms with Crippen molar-refractivity contribution in [2.75, 3.05) is 12.4 Å². The van der Waals surface area contributed by atoms with Crippen LogP contribution in [0.2, 0.25) is 0 Å². The van der Waals surface area contributed by atoms with E-state index < -0.39 is 5.97 Å². The van der Waals surface area contributed by atoms with Crippen LogP contribution in [0.15, 0.2) is 83.4 Å². The maximum Gasteiger partial charge on any atom is 1.00 e. The van der Waals surface area contributed by atoms with E-state index in [0.717, 1.165) is 57.8 Å². The summed E-state index contributed by atoms with van der Waals surface area (Å²) in [6.45, 7) is 2.72. The fourth-order valence-electron chi connectivity index (χ4n) is 4.39. The van der Waals surface area contributed by atoms with Gasteiger partial charge in [0.1, 0.15) is 18.0 Å². The van der Waals surface area contributed by atoms with Crippen LogP contribution >= 0.6 is 0 Å². The van der Waals surface area contributed by atoms with Crippen LogP contribution in [-0.4, -0.2) is 24.6 Å². The second kappa shape index (κ2) is 13.4. The van der Waals surface area contributed by atoms with Gasteiger partial charge < -0.3 is 24.5 Å². The third kappa shape index (κ3) is 7.13. The summed E-state index contributed by atoms with van der Waals surface area (Å²) in [6.07, 6.45) is 1.93. The molecule has 0 saturated heterocycles. The minimum Gasteiger partial charge on any atom is -0.550 e. The molecule has 0 unspecified atom stereocenters. The summed E-state index contributed by atoms with van der Waals surface area (Å²) in [5.74, 6) is -0.245. The first-order chi connectivity index (χ1) is 18.0. The molecule has 1 aliphatic carbocycles. The summed E-state index contributed by atoms with van der Waals surface area (Å²) < 4.78 is 9.98. The standard InChI is InChI=1S/C22H22N2O3.C8H8O2.Na/c1-14-20(23-2)21(27-24-14)17-5-3-15(4-6-17)16-7-9-18(10-8-16)22(11-12-22)13-19(25)26;9-7-10-6-8-4-2-1-3-5-8;/h3-10,23H,11-13H2,1-2H3,(H,25,26);1-5,7H,6H2;/q;;+1/p-1. The quantitative estimate of drug-likeness (QED) is 0.266. The number of nitrogens with one attached hydrogen (secondary N) is 1. The van der Waals surface area contributed by atoms with Crippen LogP contribution < -0.4 is 40.0 Å². The number of anilines is 1. The van der Waals surface area contributed by atoms with Gasteiger partial charge in [0.2, 0.25) is 0 Å². The van der Waals surface area contributed by atoms with Gasteiger partial charge in [-0.25, -0.2) is 0 Å². The van der Waals surface area contributed by atoms with Crippen molar-refractivity contribution < 1.29 is 53.5 Å². The molecule has 1 aliphatic rings. The molecule has 7 nitrogen and oxygen atoms in total. The van der Waals surface area contributed by atoms with Gasteiger partial charge in [-0.1, -0.05) is 84.0 Å². The van der Waals surface area contributed by atoms with Crippen LogP contribution in [-0.2, 0) is 26.3 Å². The summed E-state index contributed by atoms with van der Waals surface area (Å²) in [6, 6.07) is 25.9. The van der Waals surface area contributed by atoms with Crippen molar-refractivity contribution in [2.24, 2.45) is 0 Å². The summed E-state index contributed by atoms with van der Waals surface area (Å²) in [5, 5.41) is 18.1. The number of aromatic nitrogens is 1. The zero-order valence-corrected chi connectivity index (χ0v) is 23.9. The third-order valence-corrected chi connectivity index (χ3v) is 6.59. The fraction of sp³-hybridized carbons (Fsp3) is 0.233. The minimum atomic E-state index is -0.976. The van der Waals surface area contributed by atoms with Crippen molar-refractivity contribution in [3.63, 3.8) is 0 Å². The number of nitrogens with zero attached hydrogens (tertiary/aromatic N) is 1. The third-order valence-electron chi connectivity index (χ3n) is 6.59. The maximum absolute atomic E-state index is 11.0. The number of benzene rings is 3. The van der Waals surface area contributed by atoms with Gasteiger partial charge in [-0.05, 0) is 48.4 Å². The molecule has 0 radical (unpaired) electrons. The van der Waals surface area contributed by atoms with Gasteiger partial charge >= 0.3 is 29.6 Å². The van der Waals surface area contributed by atoms with E-state index in [4.69, 9.17) is 4.52 Å². The van der Waals surface area contributed by atoms with Gasteiger partial charge in [-0.3, -0.25) is 4.79 Å². The van der Waals surface area contributed by atoms with Crippen molar-refractivity contribution in [1.29, 1.82) is 0 Å². The number of carbonyl (C=O) groups excluding carboxylic acids is 2. The number of ether oxygens (including phenoxy) is 1. The number of carboxylic acids is 1. The van der Waals surface area contributed by atoms with Gasteiger partial charge in [0, 0.05) is 24.0 Å². The van der Waals surface area contributed by atoms with Crippen molar-refractivity contribution in [3.8, 4) is 22.5 Å². The number of rotatable bonds is 9. The van der Waals surface area contributed by atoms with Crippen LogP contribution in [0.3, 0.4) is 0 Å². The molecule has 190 valence electrons. The van der Waals surface area contributed by atoms with Crippen molar-refractivity contribution in [2.45, 2.75) is 38.2 Å². The Morgan fingerprint density at radius 1 is 1.00 bits per heavy atom. The molecule has 1 heterocycles. The number of carbonyl (C=O) groups is 2. The smallest absolute Gasteiger partial charge is 0.550 e. The molecule has 8 heteroatoms. The Bertz CT molecular complexity index is 1330. The second-order valence-electron chi connectivity index (χ2n) is 9.10. The Morgan fingerprint density at radius 3 is 2.11 bits per heavy atom. The molecule has 1 saturated carbocycles. The van der Waals surface area contributed by atoms with E-state index in [0.29, 0.717) is 13.1 Å². The number of aryl methyl sites for hydroxylation is 1. The van der Waals surface area contributed by atoms with E-state index in [9.17, 15) is 14.7 Å². The van der Waals surface area contributed by atoms with E-state index >= 15 is 0 Å². The molecule has 0 spiro atoms. The number of hydrogen-bond acceptors (Lipinski definition) is 7. The Labute approximate surface area is 244 Å². The molecule has 5 rings (SSSR count). The average Bonchev–Trinajstić information content (AvgIpc) is 3.60. The van der Waals surface area contributed by atoms with Crippen molar-refractivity contribution in [3.05, 3.63) is 95.7 Å². The van der Waals surface area contributed by atoms with E-state index in [-0.39, 0.29) is 41.4 Å². The number of aliphatic carboxylic acids is 1. The van der Waals surface area contributed by atoms with Crippen LogP contribution in [0.1, 0.15) is 36.1 Å². The van der Waals surface area contributed by atoms with Gasteiger partial charge in [-0.2, -0.15) is 0 Å². The van der Waals surface area contributed by atoms with Crippen LogP contribution in [0.4, 0.5) is 5.69 Å². The molecule has 4 aromatic rings. The first kappa shape index (κ1) is 29.2. The summed E-state index contributed by atoms with van der Waals surface area (Å²) in [7, 11) is 1.85. The second-order valence-corrected chi connectivity index (χ2v) is 9.10. The SMILES string of the molecule is CNc1c(C)noc1-c1ccc(-c2ccc(C3(CC(=O)[O-])CC3)cc2)cc1.O=COCc1ccccc1.[Na+]. The summed E-state index contributed by atoms with van der Waals surface area (Å²) in [5.41, 5.74) is 6.76. The summed E-state index contributed by atoms with van der Waals surface area (Å²) >= 11 is 0. The van der Waals surface area contributed by atoms with E-state index in [2.05, 4.69) is 39.5 Å². The normalized spacial score (nSPS) is 12.8. The van der Waals surface area contributed by atoms with Crippen LogP contribution in [0.25, 0.3) is 22.5 Å². The monoisotopic (exact) mass is 520 g/mol. The molecule has 0 bridgehead atoms. The fourth-order valence-corrected chi connectivity index (χ4v) is 4.39. The topological polar surface area (TPSA) is 104 Å². The molecule has 38 heavy (non-hydrogen) atoms. The summed E-state index contributed by atoms with van der Waals surface area (Å²) in [4.78, 5) is 20.7. The minimum absolute atomic E-state index is 0. The predicted molar refractivity (Wildman–Crippen MR) is 139 cm³/mol. The van der Waals surface area contributed by atoms with Gasteiger partial charge in [0.15, 0.2) is 5.76 Å². The van der Waals surface area contributed by atoms with Crippen LogP contribution in [0, 0.1) is 6.92 Å². The Balaban J connectivity index is 0.000000308. The van der Waals surface area contributed by atoms with Crippen LogP contribution in [0.5, 0.6) is 0 Å². The zero-order chi connectivity index (χ0) is 26.3. The molecule has 0 amide bonds. The van der Waals surface area contributed by atoms with Gasteiger partial charge in [0.25, 0.3) is 6.47 Å². The first-order valence-corrected chi connectivity index (χ1v) is 12.1. The Kier molecular flexibility index (Phi) is 10.3. The Hall–Kier alpha value is -3.39. The largest absolute Gasteiger partial charge is 1.00 e. The molecule has 3 aromatic carbocycles. The van der Waals surface area contributed by atoms with Gasteiger partial charge in [0.05, 0.1) is 0 Å². The number of carboxylic acid groups (broad SMARTS) is 1. The average molecular weight is 521 g/mol. The van der Waals surface area contributed by atoms with Gasteiger partial charge in [-0.15, -0.1) is 0 Å². The first-order valence-electron chi connectivity index (χ1n) is 12.1. The molecule has 1 N–H and O–H groups in total. The van der Waals surface area contributed by atoms with E-state index in [1.165, 1.54) is 0 Å². The Morgan fingerprint density at radius 2 is 1.58 bits per heavy atom. The zero-order valence-electron chi connectivity index (χ0n) is 21.9. The van der Waals surface area contributed by atoms with E-state index in [1.54, 1.807) is 0 Å². The van der Waals surface area contributed by atoms with Crippen molar-refractivity contribution >= 4 is 18.1 Å². The molecule has 1 aromatic heterocycles. The predicted octanol–water partition coefficient (Wildman–Crippen LogP) is 1.89.